The lowest BCUT2D eigenvalue weighted by Gasteiger charge is -2.16. The second-order valence-electron chi connectivity index (χ2n) is 4.35. The zero-order chi connectivity index (χ0) is 13.0. The van der Waals surface area contributed by atoms with Gasteiger partial charge in [-0.3, -0.25) is 10.1 Å². The van der Waals surface area contributed by atoms with Gasteiger partial charge in [0, 0.05) is 41.3 Å². The maximum atomic E-state index is 10.5. The summed E-state index contributed by atoms with van der Waals surface area (Å²) in [5.41, 5.74) is 6.21. The second-order valence-corrected chi connectivity index (χ2v) is 5.44. The number of rotatable bonds is 5. The number of benzene rings is 1. The number of ether oxygens (including phenoxy) is 1. The van der Waals surface area contributed by atoms with Gasteiger partial charge in [0.15, 0.2) is 0 Å². The quantitative estimate of drug-likeness (QED) is 0.502. The normalized spacial score (nSPS) is 20.8. The highest BCUT2D eigenvalue weighted by molar-refractivity contribution is 7.99. The van der Waals surface area contributed by atoms with E-state index in [2.05, 4.69) is 0 Å². The second kappa shape index (κ2) is 6.17. The molecule has 1 fully saturated rings. The molecule has 18 heavy (non-hydrogen) atoms. The summed E-state index contributed by atoms with van der Waals surface area (Å²) in [7, 11) is 0. The van der Waals surface area contributed by atoms with E-state index in [0.29, 0.717) is 5.92 Å². The molecular weight excluding hydrogens is 252 g/mol. The average Bonchev–Trinajstić information content (AvgIpc) is 2.90. The Morgan fingerprint density at radius 3 is 2.78 bits per heavy atom. The van der Waals surface area contributed by atoms with Gasteiger partial charge in [-0.1, -0.05) is 0 Å². The van der Waals surface area contributed by atoms with Crippen LogP contribution in [0.2, 0.25) is 0 Å². The third-order valence-corrected chi connectivity index (χ3v) is 4.22. The highest BCUT2D eigenvalue weighted by Crippen LogP contribution is 2.25. The van der Waals surface area contributed by atoms with Crippen LogP contribution in [0.3, 0.4) is 0 Å². The number of nitrogens with zero attached hydrogens (tertiary/aromatic N) is 1. The minimum absolute atomic E-state index is 0.118. The molecule has 1 heterocycles. The van der Waals surface area contributed by atoms with Crippen molar-refractivity contribution in [3.63, 3.8) is 0 Å². The van der Waals surface area contributed by atoms with Crippen molar-refractivity contribution in [2.24, 2.45) is 11.7 Å². The number of thioether (sulfide) groups is 1. The SMILES string of the molecule is NC(CSc1ccc([N+](=O)[O-])cc1)C1CCOC1. The molecule has 1 saturated heterocycles. The zero-order valence-electron chi connectivity index (χ0n) is 9.95. The first-order valence-corrected chi connectivity index (χ1v) is 6.86. The molecule has 0 amide bonds. The molecule has 0 radical (unpaired) electrons. The van der Waals surface area contributed by atoms with Gasteiger partial charge in [0.05, 0.1) is 11.5 Å². The third-order valence-electron chi connectivity index (χ3n) is 3.06. The number of non-ortho nitro benzene ring substituents is 1. The Morgan fingerprint density at radius 2 is 2.22 bits per heavy atom. The summed E-state index contributed by atoms with van der Waals surface area (Å²) in [5, 5.41) is 10.5. The molecule has 0 spiro atoms. The summed E-state index contributed by atoms with van der Waals surface area (Å²) >= 11 is 1.63. The Morgan fingerprint density at radius 1 is 1.50 bits per heavy atom. The zero-order valence-corrected chi connectivity index (χ0v) is 10.8. The van der Waals surface area contributed by atoms with Crippen LogP contribution < -0.4 is 5.73 Å². The smallest absolute Gasteiger partial charge is 0.269 e. The van der Waals surface area contributed by atoms with Crippen LogP contribution in [0.25, 0.3) is 0 Å². The van der Waals surface area contributed by atoms with Gasteiger partial charge in [0.1, 0.15) is 0 Å². The first kappa shape index (κ1) is 13.3. The van der Waals surface area contributed by atoms with Crippen LogP contribution in [0.1, 0.15) is 6.42 Å². The average molecular weight is 268 g/mol. The lowest BCUT2D eigenvalue weighted by Crippen LogP contribution is -2.32. The minimum Gasteiger partial charge on any atom is -0.381 e. The fraction of sp³-hybridized carbons (Fsp3) is 0.500. The maximum absolute atomic E-state index is 10.5. The first-order chi connectivity index (χ1) is 8.66. The summed E-state index contributed by atoms with van der Waals surface area (Å²) in [6.07, 6.45) is 1.03. The molecule has 1 aliphatic heterocycles. The number of nitrogens with two attached hydrogens (primary N) is 1. The molecular formula is C12H16N2O3S. The van der Waals surface area contributed by atoms with Crippen LogP contribution in [-0.2, 0) is 4.74 Å². The molecule has 2 atom stereocenters. The van der Waals surface area contributed by atoms with Gasteiger partial charge in [-0.15, -0.1) is 11.8 Å². The van der Waals surface area contributed by atoms with E-state index in [9.17, 15) is 10.1 Å². The Kier molecular flexibility index (Phi) is 4.57. The summed E-state index contributed by atoms with van der Waals surface area (Å²) in [5.74, 6) is 1.25. The van der Waals surface area contributed by atoms with Gasteiger partial charge in [-0.2, -0.15) is 0 Å². The van der Waals surface area contributed by atoms with E-state index in [4.69, 9.17) is 10.5 Å². The van der Waals surface area contributed by atoms with Crippen molar-refractivity contribution in [1.82, 2.24) is 0 Å². The van der Waals surface area contributed by atoms with Gasteiger partial charge in [0.25, 0.3) is 5.69 Å². The van der Waals surface area contributed by atoms with Gasteiger partial charge < -0.3 is 10.5 Å². The molecule has 1 aromatic carbocycles. The molecule has 2 unspecified atom stereocenters. The van der Waals surface area contributed by atoms with Crippen molar-refractivity contribution >= 4 is 17.4 Å². The third kappa shape index (κ3) is 3.44. The Hall–Kier alpha value is -1.11. The lowest BCUT2D eigenvalue weighted by molar-refractivity contribution is -0.384. The number of nitro groups is 1. The molecule has 0 aliphatic carbocycles. The predicted molar refractivity (Wildman–Crippen MR) is 70.7 cm³/mol. The Bertz CT molecular complexity index is 404. The largest absolute Gasteiger partial charge is 0.381 e. The predicted octanol–water partition coefficient (Wildman–Crippen LogP) is 2.05. The van der Waals surface area contributed by atoms with Crippen LogP contribution in [0.4, 0.5) is 5.69 Å². The monoisotopic (exact) mass is 268 g/mol. The fourth-order valence-corrected chi connectivity index (χ4v) is 2.87. The molecule has 5 nitrogen and oxygen atoms in total. The van der Waals surface area contributed by atoms with Crippen molar-refractivity contribution in [2.45, 2.75) is 17.4 Å². The molecule has 2 N–H and O–H groups in total. The Balaban J connectivity index is 1.84. The van der Waals surface area contributed by atoms with Gasteiger partial charge in [-0.25, -0.2) is 0 Å². The summed E-state index contributed by atoms with van der Waals surface area (Å²) < 4.78 is 5.31. The van der Waals surface area contributed by atoms with E-state index >= 15 is 0 Å². The molecule has 6 heteroatoms. The van der Waals surface area contributed by atoms with Crippen LogP contribution in [-0.4, -0.2) is 29.9 Å². The van der Waals surface area contributed by atoms with E-state index in [1.807, 2.05) is 0 Å². The van der Waals surface area contributed by atoms with Crippen LogP contribution in [0.5, 0.6) is 0 Å². The lowest BCUT2D eigenvalue weighted by atomic mass is 10.0. The first-order valence-electron chi connectivity index (χ1n) is 5.87. The van der Waals surface area contributed by atoms with E-state index in [-0.39, 0.29) is 11.7 Å². The molecule has 0 bridgehead atoms. The van der Waals surface area contributed by atoms with Crippen molar-refractivity contribution in [3.05, 3.63) is 34.4 Å². The summed E-state index contributed by atoms with van der Waals surface area (Å²) in [6, 6.07) is 6.69. The van der Waals surface area contributed by atoms with Crippen molar-refractivity contribution < 1.29 is 9.66 Å². The van der Waals surface area contributed by atoms with Gasteiger partial charge >= 0.3 is 0 Å². The van der Waals surface area contributed by atoms with Gasteiger partial charge in [0.2, 0.25) is 0 Å². The van der Waals surface area contributed by atoms with Crippen LogP contribution in [0, 0.1) is 16.0 Å². The van der Waals surface area contributed by atoms with Crippen molar-refractivity contribution in [2.75, 3.05) is 19.0 Å². The standard InChI is InChI=1S/C12H16N2O3S/c13-12(9-5-6-17-7-9)8-18-11-3-1-10(2-4-11)14(15)16/h1-4,9,12H,5-8,13H2. The van der Waals surface area contributed by atoms with Crippen molar-refractivity contribution in [1.29, 1.82) is 0 Å². The topological polar surface area (TPSA) is 78.4 Å². The molecule has 1 aliphatic rings. The summed E-state index contributed by atoms with van der Waals surface area (Å²) in [4.78, 5) is 11.1. The Labute approximate surface area is 110 Å². The highest BCUT2D eigenvalue weighted by Gasteiger charge is 2.22. The molecule has 0 aromatic heterocycles. The molecule has 0 saturated carbocycles. The maximum Gasteiger partial charge on any atom is 0.269 e. The molecule has 1 aromatic rings. The molecule has 2 rings (SSSR count). The number of nitro benzene ring substituents is 1. The van der Waals surface area contributed by atoms with E-state index in [1.54, 1.807) is 23.9 Å². The van der Waals surface area contributed by atoms with E-state index in [0.717, 1.165) is 30.3 Å². The van der Waals surface area contributed by atoms with E-state index in [1.165, 1.54) is 12.1 Å². The fourth-order valence-electron chi connectivity index (χ4n) is 1.88. The highest BCUT2D eigenvalue weighted by atomic mass is 32.2. The number of hydrogen-bond donors (Lipinski definition) is 1. The van der Waals surface area contributed by atoms with Crippen molar-refractivity contribution in [3.8, 4) is 0 Å². The van der Waals surface area contributed by atoms with Gasteiger partial charge in [-0.05, 0) is 18.6 Å². The minimum atomic E-state index is -0.393. The molecule has 98 valence electrons. The van der Waals surface area contributed by atoms with Crippen LogP contribution >= 0.6 is 11.8 Å². The number of hydrogen-bond acceptors (Lipinski definition) is 5. The van der Waals surface area contributed by atoms with Crippen LogP contribution in [0.15, 0.2) is 29.2 Å². The summed E-state index contributed by atoms with van der Waals surface area (Å²) in [6.45, 7) is 1.56. The van der Waals surface area contributed by atoms with E-state index < -0.39 is 4.92 Å².